The summed E-state index contributed by atoms with van der Waals surface area (Å²) in [4.78, 5) is 0. The summed E-state index contributed by atoms with van der Waals surface area (Å²) in [6.45, 7) is 14.1. The van der Waals surface area contributed by atoms with Crippen LogP contribution in [-0.4, -0.2) is 6.04 Å². The van der Waals surface area contributed by atoms with Crippen molar-refractivity contribution in [2.24, 2.45) is 16.7 Å². The molecule has 1 N–H and O–H groups in total. The number of fused-ring (bicyclic) bond motifs is 2. The molecule has 0 heterocycles. The summed E-state index contributed by atoms with van der Waals surface area (Å²) < 4.78 is 0. The Bertz CT molecular complexity index is 520. The van der Waals surface area contributed by atoms with E-state index in [1.807, 2.05) is 0 Å². The van der Waals surface area contributed by atoms with E-state index in [1.54, 1.807) is 0 Å². The highest BCUT2D eigenvalue weighted by Gasteiger charge is 2.61. The minimum atomic E-state index is 0.446. The number of hydrogen-bond acceptors (Lipinski definition) is 1. The molecule has 0 aromatic heterocycles. The molecule has 110 valence electrons. The lowest BCUT2D eigenvalue weighted by molar-refractivity contribution is 0.142. The Morgan fingerprint density at radius 3 is 2.10 bits per heavy atom. The minimum Gasteiger partial charge on any atom is -0.381 e. The van der Waals surface area contributed by atoms with E-state index in [1.165, 1.54) is 41.6 Å². The Kier molecular flexibility index (Phi) is 2.97. The van der Waals surface area contributed by atoms with Gasteiger partial charge in [0.15, 0.2) is 0 Å². The maximum absolute atomic E-state index is 3.93. The molecule has 1 aromatic carbocycles. The van der Waals surface area contributed by atoms with Gasteiger partial charge in [-0.05, 0) is 67.9 Å². The minimum absolute atomic E-state index is 0.446. The first-order chi connectivity index (χ1) is 9.25. The fourth-order valence-electron chi connectivity index (χ4n) is 5.00. The molecular formula is C19H29N. The van der Waals surface area contributed by atoms with Crippen LogP contribution in [0.5, 0.6) is 0 Å². The zero-order valence-corrected chi connectivity index (χ0v) is 13.9. The predicted molar refractivity (Wildman–Crippen MR) is 87.3 cm³/mol. The monoisotopic (exact) mass is 271 g/mol. The molecule has 0 spiro atoms. The second-order valence-corrected chi connectivity index (χ2v) is 8.08. The highest BCUT2D eigenvalue weighted by molar-refractivity contribution is 5.59. The van der Waals surface area contributed by atoms with Crippen molar-refractivity contribution < 1.29 is 0 Å². The molecule has 20 heavy (non-hydrogen) atoms. The van der Waals surface area contributed by atoms with E-state index >= 15 is 0 Å². The third kappa shape index (κ3) is 1.75. The fraction of sp³-hybridized carbons (Fsp3) is 0.684. The number of rotatable bonds is 2. The lowest BCUT2D eigenvalue weighted by atomic mass is 9.69. The zero-order chi connectivity index (χ0) is 14.7. The Labute approximate surface area is 124 Å². The molecule has 1 aromatic rings. The molecular weight excluding hydrogens is 242 g/mol. The van der Waals surface area contributed by atoms with Gasteiger partial charge in [0.25, 0.3) is 0 Å². The van der Waals surface area contributed by atoms with E-state index in [9.17, 15) is 0 Å². The molecule has 3 unspecified atom stereocenters. The van der Waals surface area contributed by atoms with E-state index < -0.39 is 0 Å². The summed E-state index contributed by atoms with van der Waals surface area (Å²) >= 11 is 0. The van der Waals surface area contributed by atoms with Crippen molar-refractivity contribution >= 4 is 5.69 Å². The van der Waals surface area contributed by atoms with Crippen molar-refractivity contribution in [3.8, 4) is 0 Å². The number of hydrogen-bond donors (Lipinski definition) is 1. The van der Waals surface area contributed by atoms with Crippen molar-refractivity contribution in [2.75, 3.05) is 5.32 Å². The normalized spacial score (nSPS) is 34.5. The molecule has 0 amide bonds. The van der Waals surface area contributed by atoms with E-state index in [0.29, 0.717) is 16.9 Å². The molecule has 3 rings (SSSR count). The summed E-state index contributed by atoms with van der Waals surface area (Å²) in [7, 11) is 0. The Morgan fingerprint density at radius 2 is 1.65 bits per heavy atom. The molecule has 2 bridgehead atoms. The van der Waals surface area contributed by atoms with Crippen molar-refractivity contribution in [2.45, 2.75) is 66.8 Å². The highest BCUT2D eigenvalue weighted by Crippen LogP contribution is 2.65. The molecule has 2 aliphatic carbocycles. The van der Waals surface area contributed by atoms with E-state index in [2.05, 4.69) is 59.0 Å². The van der Waals surface area contributed by atoms with Gasteiger partial charge in [0, 0.05) is 11.7 Å². The summed E-state index contributed by atoms with van der Waals surface area (Å²) in [6.07, 6.45) is 4.15. The van der Waals surface area contributed by atoms with Crippen LogP contribution in [0.3, 0.4) is 0 Å². The zero-order valence-electron chi connectivity index (χ0n) is 13.9. The van der Waals surface area contributed by atoms with Gasteiger partial charge in [0.05, 0.1) is 0 Å². The van der Waals surface area contributed by atoms with Gasteiger partial charge in [-0.3, -0.25) is 0 Å². The second kappa shape index (κ2) is 4.26. The van der Waals surface area contributed by atoms with Gasteiger partial charge in [-0.25, -0.2) is 0 Å². The molecule has 1 heteroatoms. The maximum atomic E-state index is 3.93. The Hall–Kier alpha value is -0.980. The van der Waals surface area contributed by atoms with Crippen LogP contribution in [0.2, 0.25) is 0 Å². The highest BCUT2D eigenvalue weighted by atomic mass is 15.0. The fourth-order valence-corrected chi connectivity index (χ4v) is 5.00. The summed E-state index contributed by atoms with van der Waals surface area (Å²) in [5.74, 6) is 0.899. The summed E-state index contributed by atoms with van der Waals surface area (Å²) in [5, 5.41) is 3.93. The standard InChI is InChI=1S/C19H29N/c1-12-9-13(2)17(14(3)10-12)20-16-11-15-7-8-19(16,6)18(15,4)5/h9-10,15-16,20H,7-8,11H2,1-6H3. The predicted octanol–water partition coefficient (Wildman–Crippen LogP) is 5.24. The van der Waals surface area contributed by atoms with Gasteiger partial charge < -0.3 is 5.32 Å². The van der Waals surface area contributed by atoms with E-state index in [0.717, 1.165) is 5.92 Å². The van der Waals surface area contributed by atoms with Crippen molar-refractivity contribution in [1.29, 1.82) is 0 Å². The van der Waals surface area contributed by atoms with Crippen molar-refractivity contribution in [3.05, 3.63) is 28.8 Å². The average Bonchev–Trinajstić information content (AvgIpc) is 2.66. The van der Waals surface area contributed by atoms with Crippen LogP contribution in [0.25, 0.3) is 0 Å². The van der Waals surface area contributed by atoms with Gasteiger partial charge in [-0.15, -0.1) is 0 Å². The molecule has 2 saturated carbocycles. The van der Waals surface area contributed by atoms with Crippen LogP contribution in [0.1, 0.15) is 56.7 Å². The van der Waals surface area contributed by atoms with E-state index in [4.69, 9.17) is 0 Å². The van der Waals surface area contributed by atoms with Crippen LogP contribution in [0.15, 0.2) is 12.1 Å². The molecule has 3 atom stereocenters. The SMILES string of the molecule is Cc1cc(C)c(NC2CC3CCC2(C)C3(C)C)c(C)c1. The molecule has 0 saturated heterocycles. The number of nitrogens with one attached hydrogen (secondary N) is 1. The van der Waals surface area contributed by atoms with Gasteiger partial charge >= 0.3 is 0 Å². The smallest absolute Gasteiger partial charge is 0.0402 e. The number of aryl methyl sites for hydroxylation is 3. The largest absolute Gasteiger partial charge is 0.381 e. The maximum Gasteiger partial charge on any atom is 0.0402 e. The Balaban J connectivity index is 1.91. The molecule has 0 aliphatic heterocycles. The van der Waals surface area contributed by atoms with Crippen LogP contribution in [-0.2, 0) is 0 Å². The average molecular weight is 271 g/mol. The summed E-state index contributed by atoms with van der Waals surface area (Å²) in [6, 6.07) is 5.24. The van der Waals surface area contributed by atoms with Crippen LogP contribution in [0.4, 0.5) is 5.69 Å². The lowest BCUT2D eigenvalue weighted by Crippen LogP contribution is -2.40. The van der Waals surface area contributed by atoms with Crippen molar-refractivity contribution in [1.82, 2.24) is 0 Å². The van der Waals surface area contributed by atoms with Gasteiger partial charge in [0.2, 0.25) is 0 Å². The number of benzene rings is 1. The van der Waals surface area contributed by atoms with Gasteiger partial charge in [-0.2, -0.15) is 0 Å². The third-order valence-corrected chi connectivity index (χ3v) is 6.79. The van der Waals surface area contributed by atoms with Crippen LogP contribution >= 0.6 is 0 Å². The quantitative estimate of drug-likeness (QED) is 0.775. The van der Waals surface area contributed by atoms with Gasteiger partial charge in [-0.1, -0.05) is 38.5 Å². The first-order valence-corrected chi connectivity index (χ1v) is 8.10. The molecule has 1 nitrogen and oxygen atoms in total. The molecule has 2 fully saturated rings. The Morgan fingerprint density at radius 1 is 1.05 bits per heavy atom. The van der Waals surface area contributed by atoms with E-state index in [-0.39, 0.29) is 0 Å². The first kappa shape index (κ1) is 14.0. The molecule has 0 radical (unpaired) electrons. The van der Waals surface area contributed by atoms with Gasteiger partial charge in [0.1, 0.15) is 0 Å². The van der Waals surface area contributed by atoms with Crippen molar-refractivity contribution in [3.63, 3.8) is 0 Å². The van der Waals surface area contributed by atoms with Crippen LogP contribution < -0.4 is 5.32 Å². The van der Waals surface area contributed by atoms with Crippen LogP contribution in [0, 0.1) is 37.5 Å². The molecule has 2 aliphatic rings. The lowest BCUT2D eigenvalue weighted by Gasteiger charge is -2.40. The third-order valence-electron chi connectivity index (χ3n) is 6.79. The first-order valence-electron chi connectivity index (χ1n) is 8.10. The summed E-state index contributed by atoms with van der Waals surface area (Å²) in [5.41, 5.74) is 6.46. The second-order valence-electron chi connectivity index (χ2n) is 8.08. The number of anilines is 1. The topological polar surface area (TPSA) is 12.0 Å².